The van der Waals surface area contributed by atoms with E-state index in [1.807, 2.05) is 39.5 Å². The molecule has 128 valence electrons. The molecule has 1 amide bonds. The molecule has 0 spiro atoms. The van der Waals surface area contributed by atoms with Crippen LogP contribution in [0.4, 0.5) is 4.79 Å². The molecular formula is C16H30N2O4. The summed E-state index contributed by atoms with van der Waals surface area (Å²) >= 11 is 0. The van der Waals surface area contributed by atoms with Crippen LogP contribution in [-0.4, -0.2) is 52.3 Å². The summed E-state index contributed by atoms with van der Waals surface area (Å²) in [5.74, 6) is -0.838. The first-order chi connectivity index (χ1) is 10.1. The number of nitrogens with zero attached hydrogens (tertiary/aromatic N) is 1. The minimum Gasteiger partial charge on any atom is -0.480 e. The number of rotatable bonds is 5. The molecule has 1 rings (SSSR count). The van der Waals surface area contributed by atoms with Gasteiger partial charge in [-0.15, -0.1) is 0 Å². The maximum absolute atomic E-state index is 12.0. The van der Waals surface area contributed by atoms with Gasteiger partial charge in [-0.2, -0.15) is 0 Å². The van der Waals surface area contributed by atoms with Crippen LogP contribution in [0.5, 0.6) is 0 Å². The summed E-state index contributed by atoms with van der Waals surface area (Å²) in [5.41, 5.74) is -0.535. The van der Waals surface area contributed by atoms with Gasteiger partial charge in [0.1, 0.15) is 5.60 Å². The van der Waals surface area contributed by atoms with Gasteiger partial charge in [0.05, 0.1) is 6.54 Å². The summed E-state index contributed by atoms with van der Waals surface area (Å²) < 4.78 is 5.33. The first-order valence-corrected chi connectivity index (χ1v) is 8.07. The van der Waals surface area contributed by atoms with Crippen molar-refractivity contribution >= 4 is 12.1 Å². The molecular weight excluding hydrogens is 284 g/mol. The Kier molecular flexibility index (Phi) is 6.66. The summed E-state index contributed by atoms with van der Waals surface area (Å²) in [6.45, 7) is 9.46. The molecule has 22 heavy (non-hydrogen) atoms. The second-order valence-electron chi connectivity index (χ2n) is 7.26. The zero-order chi connectivity index (χ0) is 16.9. The highest BCUT2D eigenvalue weighted by molar-refractivity contribution is 5.69. The van der Waals surface area contributed by atoms with Gasteiger partial charge < -0.3 is 15.2 Å². The summed E-state index contributed by atoms with van der Waals surface area (Å²) in [7, 11) is 0. The van der Waals surface area contributed by atoms with Gasteiger partial charge in [0.2, 0.25) is 0 Å². The topological polar surface area (TPSA) is 78.9 Å². The molecule has 0 radical (unpaired) electrons. The van der Waals surface area contributed by atoms with Crippen molar-refractivity contribution in [3.8, 4) is 0 Å². The van der Waals surface area contributed by atoms with E-state index < -0.39 is 17.7 Å². The number of nitrogens with one attached hydrogen (secondary N) is 1. The molecule has 1 fully saturated rings. The molecule has 0 aliphatic heterocycles. The van der Waals surface area contributed by atoms with E-state index in [1.54, 1.807) is 0 Å². The van der Waals surface area contributed by atoms with Gasteiger partial charge in [-0.3, -0.25) is 9.69 Å². The Balaban J connectivity index is 2.76. The molecule has 2 N–H and O–H groups in total. The zero-order valence-electron chi connectivity index (χ0n) is 14.4. The third kappa shape index (κ3) is 6.22. The smallest absolute Gasteiger partial charge is 0.407 e. The molecule has 0 saturated heterocycles. The molecule has 0 heterocycles. The lowest BCUT2D eigenvalue weighted by Crippen LogP contribution is -2.56. The van der Waals surface area contributed by atoms with E-state index in [0.29, 0.717) is 0 Å². The Hall–Kier alpha value is -1.30. The number of carboxylic acids is 1. The second kappa shape index (κ2) is 7.81. The molecule has 2 atom stereocenters. The van der Waals surface area contributed by atoms with Crippen molar-refractivity contribution in [2.45, 2.75) is 84.0 Å². The van der Waals surface area contributed by atoms with Crippen molar-refractivity contribution in [1.29, 1.82) is 0 Å². The van der Waals surface area contributed by atoms with E-state index in [0.717, 1.165) is 25.7 Å². The molecule has 0 aromatic rings. The summed E-state index contributed by atoms with van der Waals surface area (Å²) in [5, 5.41) is 12.1. The maximum Gasteiger partial charge on any atom is 0.407 e. The molecule has 1 aliphatic rings. The molecule has 2 unspecified atom stereocenters. The Bertz CT molecular complexity index is 390. The lowest BCUT2D eigenvalue weighted by atomic mass is 9.88. The second-order valence-corrected chi connectivity index (χ2v) is 7.26. The quantitative estimate of drug-likeness (QED) is 0.815. The van der Waals surface area contributed by atoms with E-state index in [-0.39, 0.29) is 24.7 Å². The molecule has 0 aromatic carbocycles. The van der Waals surface area contributed by atoms with Gasteiger partial charge in [0, 0.05) is 18.1 Å². The maximum atomic E-state index is 12.0. The van der Waals surface area contributed by atoms with Gasteiger partial charge >= 0.3 is 12.1 Å². The molecule has 0 aromatic heterocycles. The predicted molar refractivity (Wildman–Crippen MR) is 84.9 cm³/mol. The van der Waals surface area contributed by atoms with Gasteiger partial charge in [-0.1, -0.05) is 12.8 Å². The molecule has 1 aliphatic carbocycles. The van der Waals surface area contributed by atoms with Gasteiger partial charge in [0.25, 0.3) is 0 Å². The SMILES string of the molecule is CC(C)N(CC(=O)O)C1CCCCC1NC(=O)OC(C)(C)C. The first kappa shape index (κ1) is 18.7. The Morgan fingerprint density at radius 2 is 1.86 bits per heavy atom. The minimum atomic E-state index is -0.838. The van der Waals surface area contributed by atoms with Crippen LogP contribution in [0.3, 0.4) is 0 Å². The average Bonchev–Trinajstić information content (AvgIpc) is 2.34. The van der Waals surface area contributed by atoms with Crippen molar-refractivity contribution in [2.24, 2.45) is 0 Å². The highest BCUT2D eigenvalue weighted by Crippen LogP contribution is 2.25. The monoisotopic (exact) mass is 314 g/mol. The normalized spacial score (nSPS) is 22.7. The number of alkyl carbamates (subject to hydrolysis) is 1. The van der Waals surface area contributed by atoms with E-state index in [4.69, 9.17) is 9.84 Å². The van der Waals surface area contributed by atoms with Crippen LogP contribution in [0.1, 0.15) is 60.3 Å². The van der Waals surface area contributed by atoms with Crippen molar-refractivity contribution in [1.82, 2.24) is 10.2 Å². The number of ether oxygens (including phenoxy) is 1. The van der Waals surface area contributed by atoms with Gasteiger partial charge in [-0.05, 0) is 47.5 Å². The van der Waals surface area contributed by atoms with E-state index in [1.165, 1.54) is 0 Å². The lowest BCUT2D eigenvalue weighted by molar-refractivity contribution is -0.139. The summed E-state index contributed by atoms with van der Waals surface area (Å²) in [6, 6.07) is 0.0878. The third-order valence-corrected chi connectivity index (χ3v) is 3.84. The number of carbonyl (C=O) groups is 2. The number of hydrogen-bond donors (Lipinski definition) is 2. The van der Waals surface area contributed by atoms with Crippen LogP contribution in [0, 0.1) is 0 Å². The Morgan fingerprint density at radius 3 is 2.36 bits per heavy atom. The molecule has 0 bridgehead atoms. The fraction of sp³-hybridized carbons (Fsp3) is 0.875. The average molecular weight is 314 g/mol. The van der Waals surface area contributed by atoms with E-state index >= 15 is 0 Å². The zero-order valence-corrected chi connectivity index (χ0v) is 14.4. The van der Waals surface area contributed by atoms with Gasteiger partial charge in [-0.25, -0.2) is 4.79 Å². The van der Waals surface area contributed by atoms with Crippen LogP contribution in [-0.2, 0) is 9.53 Å². The number of aliphatic carboxylic acids is 1. The van der Waals surface area contributed by atoms with Gasteiger partial charge in [0.15, 0.2) is 0 Å². The standard InChI is InChI=1S/C16H30N2O4/c1-11(2)18(10-14(19)20)13-9-7-6-8-12(13)17-15(21)22-16(3,4)5/h11-13H,6-10H2,1-5H3,(H,17,21)(H,19,20). The fourth-order valence-corrected chi connectivity index (χ4v) is 2.97. The Labute approximate surface area is 133 Å². The Morgan fingerprint density at radius 1 is 1.27 bits per heavy atom. The van der Waals surface area contributed by atoms with Crippen LogP contribution in [0.25, 0.3) is 0 Å². The molecule has 6 nitrogen and oxygen atoms in total. The van der Waals surface area contributed by atoms with E-state index in [9.17, 15) is 9.59 Å². The minimum absolute atomic E-state index is 0.00513. The lowest BCUT2D eigenvalue weighted by Gasteiger charge is -2.41. The van der Waals surface area contributed by atoms with Crippen LogP contribution in [0.2, 0.25) is 0 Å². The van der Waals surface area contributed by atoms with Crippen molar-refractivity contribution in [2.75, 3.05) is 6.54 Å². The number of amides is 1. The fourth-order valence-electron chi connectivity index (χ4n) is 2.97. The predicted octanol–water partition coefficient (Wildman–Crippen LogP) is 2.62. The number of carbonyl (C=O) groups excluding carboxylic acids is 1. The van der Waals surface area contributed by atoms with Crippen molar-refractivity contribution in [3.05, 3.63) is 0 Å². The molecule has 6 heteroatoms. The summed E-state index contributed by atoms with van der Waals surface area (Å²) in [6.07, 6.45) is 3.41. The van der Waals surface area contributed by atoms with Crippen LogP contribution in [0.15, 0.2) is 0 Å². The highest BCUT2D eigenvalue weighted by Gasteiger charge is 2.34. The van der Waals surface area contributed by atoms with Crippen molar-refractivity contribution in [3.63, 3.8) is 0 Å². The van der Waals surface area contributed by atoms with Crippen LogP contribution >= 0.6 is 0 Å². The third-order valence-electron chi connectivity index (χ3n) is 3.84. The highest BCUT2D eigenvalue weighted by atomic mass is 16.6. The number of hydrogen-bond acceptors (Lipinski definition) is 4. The largest absolute Gasteiger partial charge is 0.480 e. The molecule has 1 saturated carbocycles. The first-order valence-electron chi connectivity index (χ1n) is 8.07. The van der Waals surface area contributed by atoms with Crippen molar-refractivity contribution < 1.29 is 19.4 Å². The summed E-state index contributed by atoms with van der Waals surface area (Å²) in [4.78, 5) is 25.1. The van der Waals surface area contributed by atoms with E-state index in [2.05, 4.69) is 5.32 Å². The van der Waals surface area contributed by atoms with Crippen LogP contribution < -0.4 is 5.32 Å². The number of carboxylic acid groups (broad SMARTS) is 1.